The molecule has 0 aliphatic heterocycles. The van der Waals surface area contributed by atoms with Crippen molar-refractivity contribution in [2.24, 2.45) is 5.92 Å². The molecule has 0 aromatic heterocycles. The fourth-order valence-corrected chi connectivity index (χ4v) is 4.01. The van der Waals surface area contributed by atoms with Crippen LogP contribution in [-0.2, 0) is 10.0 Å². The van der Waals surface area contributed by atoms with Crippen molar-refractivity contribution in [1.82, 2.24) is 4.72 Å². The molecule has 0 unspecified atom stereocenters. The van der Waals surface area contributed by atoms with Crippen LogP contribution in [0.2, 0.25) is 0 Å². The Hall–Kier alpha value is 0.390. The summed E-state index contributed by atoms with van der Waals surface area (Å²) in [5, 5.41) is 0.720. The Labute approximate surface area is 88.5 Å². The van der Waals surface area contributed by atoms with Crippen molar-refractivity contribution in [3.05, 3.63) is 0 Å². The third kappa shape index (κ3) is 3.56. The fraction of sp³-hybridized carbons (Fsp3) is 1.00. The van der Waals surface area contributed by atoms with Gasteiger partial charge >= 0.3 is 0 Å². The molecule has 1 rings (SSSR count). The highest BCUT2D eigenvalue weighted by molar-refractivity contribution is 9.09. The number of halogens is 1. The molecule has 1 N–H and O–H groups in total. The van der Waals surface area contributed by atoms with Crippen LogP contribution < -0.4 is 4.72 Å². The third-order valence-corrected chi connectivity index (χ3v) is 4.96. The minimum Gasteiger partial charge on any atom is -0.212 e. The molecule has 3 nitrogen and oxygen atoms in total. The van der Waals surface area contributed by atoms with Crippen molar-refractivity contribution in [2.75, 3.05) is 11.1 Å². The largest absolute Gasteiger partial charge is 0.212 e. The fourth-order valence-electron chi connectivity index (χ4n) is 1.22. The van der Waals surface area contributed by atoms with Gasteiger partial charge in [0, 0.05) is 10.9 Å². The van der Waals surface area contributed by atoms with Crippen LogP contribution in [0.15, 0.2) is 0 Å². The van der Waals surface area contributed by atoms with Crippen LogP contribution in [0, 0.1) is 5.92 Å². The summed E-state index contributed by atoms with van der Waals surface area (Å²) in [6.07, 6.45) is 1.91. The predicted octanol–water partition coefficient (Wildman–Crippen LogP) is 1.49. The van der Waals surface area contributed by atoms with Crippen molar-refractivity contribution >= 4 is 26.0 Å². The van der Waals surface area contributed by atoms with Crippen LogP contribution in [-0.4, -0.2) is 25.0 Å². The summed E-state index contributed by atoms with van der Waals surface area (Å²) in [6.45, 7) is 3.82. The zero-order valence-electron chi connectivity index (χ0n) is 8.01. The van der Waals surface area contributed by atoms with E-state index in [4.69, 9.17) is 0 Å². The number of rotatable bonds is 5. The van der Waals surface area contributed by atoms with E-state index < -0.39 is 10.0 Å². The summed E-state index contributed by atoms with van der Waals surface area (Å²) in [6, 6.07) is 0. The number of hydrogen-bond acceptors (Lipinski definition) is 2. The summed E-state index contributed by atoms with van der Waals surface area (Å²) >= 11 is 3.33. The highest BCUT2D eigenvalue weighted by Crippen LogP contribution is 2.37. The standard InChI is InChI=1S/C8H16BrNO2S/c1-7(2)5-13(11,12)10-8(6-9)3-4-8/h7,10H,3-6H2,1-2H3. The van der Waals surface area contributed by atoms with Crippen molar-refractivity contribution in [2.45, 2.75) is 32.2 Å². The van der Waals surface area contributed by atoms with Gasteiger partial charge in [-0.3, -0.25) is 0 Å². The number of nitrogens with one attached hydrogen (secondary N) is 1. The first-order valence-corrected chi connectivity index (χ1v) is 7.24. The molecule has 0 saturated heterocycles. The van der Waals surface area contributed by atoms with Gasteiger partial charge in [-0.15, -0.1) is 0 Å². The monoisotopic (exact) mass is 269 g/mol. The number of hydrogen-bond donors (Lipinski definition) is 1. The Morgan fingerprint density at radius 2 is 2.00 bits per heavy atom. The van der Waals surface area contributed by atoms with Gasteiger partial charge < -0.3 is 0 Å². The molecule has 1 aliphatic rings. The maximum atomic E-state index is 11.5. The lowest BCUT2D eigenvalue weighted by atomic mass is 10.3. The average Bonchev–Trinajstić information content (AvgIpc) is 2.65. The predicted molar refractivity (Wildman–Crippen MR) is 57.5 cm³/mol. The molecule has 1 fully saturated rings. The maximum Gasteiger partial charge on any atom is 0.212 e. The molecule has 0 amide bonds. The second-order valence-electron chi connectivity index (χ2n) is 4.19. The second-order valence-corrected chi connectivity index (χ2v) is 6.52. The molecule has 0 heterocycles. The minimum atomic E-state index is -3.07. The molecule has 0 spiro atoms. The van der Waals surface area contributed by atoms with Gasteiger partial charge in [0.25, 0.3) is 0 Å². The minimum absolute atomic E-state index is 0.159. The molecular weight excluding hydrogens is 254 g/mol. The van der Waals surface area contributed by atoms with E-state index in [1.807, 2.05) is 13.8 Å². The number of sulfonamides is 1. The topological polar surface area (TPSA) is 46.2 Å². The van der Waals surface area contributed by atoms with Crippen molar-refractivity contribution in [3.63, 3.8) is 0 Å². The molecule has 78 valence electrons. The summed E-state index contributed by atoms with van der Waals surface area (Å²) in [7, 11) is -3.07. The second kappa shape index (κ2) is 3.87. The molecule has 0 aromatic rings. The van der Waals surface area contributed by atoms with Gasteiger partial charge in [-0.05, 0) is 18.8 Å². The Balaban J connectivity index is 2.52. The van der Waals surface area contributed by atoms with E-state index in [-0.39, 0.29) is 17.2 Å². The Morgan fingerprint density at radius 1 is 1.46 bits per heavy atom. The van der Waals surface area contributed by atoms with Crippen LogP contribution in [0.1, 0.15) is 26.7 Å². The molecule has 13 heavy (non-hydrogen) atoms. The van der Waals surface area contributed by atoms with E-state index in [9.17, 15) is 8.42 Å². The van der Waals surface area contributed by atoms with E-state index in [2.05, 4.69) is 20.7 Å². The van der Waals surface area contributed by atoms with E-state index in [1.54, 1.807) is 0 Å². The van der Waals surface area contributed by atoms with E-state index >= 15 is 0 Å². The van der Waals surface area contributed by atoms with Gasteiger partial charge in [0.1, 0.15) is 0 Å². The maximum absolute atomic E-state index is 11.5. The first-order chi connectivity index (χ1) is 5.89. The molecular formula is C8H16BrNO2S. The first kappa shape index (κ1) is 11.5. The summed E-state index contributed by atoms with van der Waals surface area (Å²) in [4.78, 5) is 0. The van der Waals surface area contributed by atoms with Crippen LogP contribution in [0.5, 0.6) is 0 Å². The molecule has 0 aromatic carbocycles. The SMILES string of the molecule is CC(C)CS(=O)(=O)NC1(CBr)CC1. The van der Waals surface area contributed by atoms with Gasteiger partial charge in [0.15, 0.2) is 0 Å². The zero-order valence-corrected chi connectivity index (χ0v) is 10.4. The van der Waals surface area contributed by atoms with Crippen LogP contribution >= 0.6 is 15.9 Å². The summed E-state index contributed by atoms with van der Waals surface area (Å²) in [5.41, 5.74) is -0.159. The van der Waals surface area contributed by atoms with Crippen LogP contribution in [0.4, 0.5) is 0 Å². The van der Waals surface area contributed by atoms with E-state index in [1.165, 1.54) is 0 Å². The van der Waals surface area contributed by atoms with E-state index in [0.29, 0.717) is 0 Å². The normalized spacial score (nSPS) is 20.6. The highest BCUT2D eigenvalue weighted by atomic mass is 79.9. The van der Waals surface area contributed by atoms with Gasteiger partial charge in [0.05, 0.1) is 5.75 Å². The van der Waals surface area contributed by atoms with Crippen LogP contribution in [0.25, 0.3) is 0 Å². The van der Waals surface area contributed by atoms with Gasteiger partial charge in [-0.2, -0.15) is 0 Å². The van der Waals surface area contributed by atoms with Crippen molar-refractivity contribution in [3.8, 4) is 0 Å². The van der Waals surface area contributed by atoms with Gasteiger partial charge in [-0.1, -0.05) is 29.8 Å². The molecule has 1 saturated carbocycles. The summed E-state index contributed by atoms with van der Waals surface area (Å²) < 4.78 is 25.8. The first-order valence-electron chi connectivity index (χ1n) is 4.47. The van der Waals surface area contributed by atoms with Crippen LogP contribution in [0.3, 0.4) is 0 Å². The lowest BCUT2D eigenvalue weighted by Gasteiger charge is -2.15. The average molecular weight is 270 g/mol. The smallest absolute Gasteiger partial charge is 0.212 e. The molecule has 0 atom stereocenters. The summed E-state index contributed by atoms with van der Waals surface area (Å²) in [5.74, 6) is 0.408. The molecule has 5 heteroatoms. The quantitative estimate of drug-likeness (QED) is 0.769. The lowest BCUT2D eigenvalue weighted by molar-refractivity contribution is 0.549. The lowest BCUT2D eigenvalue weighted by Crippen LogP contribution is -2.40. The van der Waals surface area contributed by atoms with Crippen molar-refractivity contribution < 1.29 is 8.42 Å². The van der Waals surface area contributed by atoms with Gasteiger partial charge in [0.2, 0.25) is 10.0 Å². The Kier molecular flexibility index (Phi) is 3.41. The Bertz CT molecular complexity index is 270. The Morgan fingerprint density at radius 3 is 2.31 bits per heavy atom. The molecule has 0 bridgehead atoms. The zero-order chi connectivity index (χ0) is 10.1. The highest BCUT2D eigenvalue weighted by Gasteiger charge is 2.44. The molecule has 0 radical (unpaired) electrons. The van der Waals surface area contributed by atoms with Crippen molar-refractivity contribution in [1.29, 1.82) is 0 Å². The molecule has 1 aliphatic carbocycles. The number of alkyl halides is 1. The van der Waals surface area contributed by atoms with E-state index in [0.717, 1.165) is 18.2 Å². The van der Waals surface area contributed by atoms with Gasteiger partial charge in [-0.25, -0.2) is 13.1 Å². The third-order valence-electron chi connectivity index (χ3n) is 2.03.